The molecule has 1 fully saturated rings. The number of methoxy groups -OCH3 is 1. The Balaban J connectivity index is 1.51. The van der Waals surface area contributed by atoms with Gasteiger partial charge < -0.3 is 19.5 Å². The minimum Gasteiger partial charge on any atom is -0.497 e. The van der Waals surface area contributed by atoms with Crippen molar-refractivity contribution >= 4 is 22.8 Å². The lowest BCUT2D eigenvalue weighted by molar-refractivity contribution is -0.132. The number of para-hydroxylation sites is 2. The number of nitrogens with one attached hydrogen (secondary N) is 1. The second-order valence-corrected chi connectivity index (χ2v) is 8.30. The lowest BCUT2D eigenvalue weighted by atomic mass is 10.1. The smallest absolute Gasteiger partial charge is 0.242 e. The first kappa shape index (κ1) is 21.9. The third-order valence-corrected chi connectivity index (χ3v) is 5.97. The van der Waals surface area contributed by atoms with E-state index in [9.17, 15) is 9.59 Å². The Bertz CT molecular complexity index is 1080. The van der Waals surface area contributed by atoms with E-state index in [1.54, 1.807) is 7.11 Å². The number of amides is 2. The number of fused-ring (bicyclic) bond motifs is 1. The van der Waals surface area contributed by atoms with Crippen LogP contribution >= 0.6 is 0 Å². The molecule has 7 nitrogen and oxygen atoms in total. The summed E-state index contributed by atoms with van der Waals surface area (Å²) in [5, 5.41) is 3.05. The van der Waals surface area contributed by atoms with Gasteiger partial charge in [0.2, 0.25) is 11.8 Å². The number of piperidine rings is 1. The van der Waals surface area contributed by atoms with Gasteiger partial charge in [-0.25, -0.2) is 4.98 Å². The summed E-state index contributed by atoms with van der Waals surface area (Å²) < 4.78 is 7.12. The Morgan fingerprint density at radius 2 is 1.78 bits per heavy atom. The van der Waals surface area contributed by atoms with Gasteiger partial charge >= 0.3 is 0 Å². The van der Waals surface area contributed by atoms with Crippen LogP contribution in [0.4, 0.5) is 0 Å². The molecule has 32 heavy (non-hydrogen) atoms. The molecule has 1 atom stereocenters. The first-order chi connectivity index (χ1) is 15.5. The molecule has 1 aromatic heterocycles. The van der Waals surface area contributed by atoms with Crippen molar-refractivity contribution in [2.24, 2.45) is 0 Å². The van der Waals surface area contributed by atoms with E-state index < -0.39 is 0 Å². The van der Waals surface area contributed by atoms with E-state index in [1.807, 2.05) is 64.9 Å². The van der Waals surface area contributed by atoms with E-state index in [0.717, 1.165) is 48.3 Å². The second-order valence-electron chi connectivity index (χ2n) is 8.30. The maximum Gasteiger partial charge on any atom is 0.242 e. The highest BCUT2D eigenvalue weighted by atomic mass is 16.5. The van der Waals surface area contributed by atoms with Crippen LogP contribution in [0, 0.1) is 0 Å². The number of imidazole rings is 1. The summed E-state index contributed by atoms with van der Waals surface area (Å²) in [6, 6.07) is 14.9. The van der Waals surface area contributed by atoms with Crippen LogP contribution in [0.1, 0.15) is 43.6 Å². The van der Waals surface area contributed by atoms with Gasteiger partial charge in [0.1, 0.15) is 18.1 Å². The van der Waals surface area contributed by atoms with E-state index in [4.69, 9.17) is 9.72 Å². The van der Waals surface area contributed by atoms with Gasteiger partial charge in [0.25, 0.3) is 0 Å². The van der Waals surface area contributed by atoms with Gasteiger partial charge in [-0.2, -0.15) is 0 Å². The summed E-state index contributed by atoms with van der Waals surface area (Å²) in [5.41, 5.74) is 2.64. The number of carbonyl (C=O) groups is 2. The van der Waals surface area contributed by atoms with Crippen molar-refractivity contribution in [3.8, 4) is 5.75 Å². The SMILES string of the molecule is COc1ccc(CC(=O)NC(C)c2nc3ccccc3n2CC(=O)N2CCCCC2)cc1. The summed E-state index contributed by atoms with van der Waals surface area (Å²) >= 11 is 0. The van der Waals surface area contributed by atoms with Crippen molar-refractivity contribution < 1.29 is 14.3 Å². The highest BCUT2D eigenvalue weighted by Crippen LogP contribution is 2.22. The number of ether oxygens (including phenoxy) is 1. The van der Waals surface area contributed by atoms with Crippen LogP contribution in [-0.4, -0.2) is 46.5 Å². The van der Waals surface area contributed by atoms with Crippen molar-refractivity contribution in [1.82, 2.24) is 19.8 Å². The van der Waals surface area contributed by atoms with Gasteiger partial charge in [-0.1, -0.05) is 24.3 Å². The Kier molecular flexibility index (Phi) is 6.73. The van der Waals surface area contributed by atoms with Crippen molar-refractivity contribution in [2.75, 3.05) is 20.2 Å². The van der Waals surface area contributed by atoms with Crippen molar-refractivity contribution in [3.05, 3.63) is 59.9 Å². The maximum atomic E-state index is 13.0. The van der Waals surface area contributed by atoms with Gasteiger partial charge in [0.15, 0.2) is 0 Å². The third-order valence-electron chi connectivity index (χ3n) is 5.97. The predicted octanol–water partition coefficient (Wildman–Crippen LogP) is 3.48. The van der Waals surface area contributed by atoms with Crippen molar-refractivity contribution in [1.29, 1.82) is 0 Å². The number of hydrogen-bond acceptors (Lipinski definition) is 4. The standard InChI is InChI=1S/C25H30N4O3/c1-18(26-23(30)16-19-10-12-20(32-2)13-11-19)25-27-21-8-4-5-9-22(21)29(25)17-24(31)28-14-6-3-7-15-28/h4-5,8-13,18H,3,6-7,14-17H2,1-2H3,(H,26,30). The lowest BCUT2D eigenvalue weighted by Crippen LogP contribution is -2.38. The molecule has 0 radical (unpaired) electrons. The molecule has 4 rings (SSSR count). The quantitative estimate of drug-likeness (QED) is 0.618. The molecule has 0 saturated carbocycles. The zero-order valence-corrected chi connectivity index (χ0v) is 18.7. The minimum absolute atomic E-state index is 0.0939. The molecular weight excluding hydrogens is 404 g/mol. The number of hydrogen-bond donors (Lipinski definition) is 1. The molecule has 1 aliphatic rings. The Hall–Kier alpha value is -3.35. The van der Waals surface area contributed by atoms with Gasteiger partial charge in [-0.05, 0) is 56.0 Å². The number of rotatable bonds is 7. The summed E-state index contributed by atoms with van der Waals surface area (Å²) in [6.45, 7) is 3.77. The molecule has 1 N–H and O–H groups in total. The predicted molar refractivity (Wildman–Crippen MR) is 123 cm³/mol. The summed E-state index contributed by atoms with van der Waals surface area (Å²) in [5.74, 6) is 1.46. The van der Waals surface area contributed by atoms with Crippen LogP contribution in [0.3, 0.4) is 0 Å². The zero-order chi connectivity index (χ0) is 22.5. The highest BCUT2D eigenvalue weighted by molar-refractivity contribution is 5.82. The number of aromatic nitrogens is 2. The van der Waals surface area contributed by atoms with Crippen LogP contribution in [0.5, 0.6) is 5.75 Å². The molecule has 0 bridgehead atoms. The Morgan fingerprint density at radius 3 is 2.50 bits per heavy atom. The maximum absolute atomic E-state index is 13.0. The van der Waals surface area contributed by atoms with E-state index >= 15 is 0 Å². The first-order valence-electron chi connectivity index (χ1n) is 11.2. The summed E-state index contributed by atoms with van der Waals surface area (Å²) in [7, 11) is 1.62. The Labute approximate surface area is 188 Å². The molecule has 2 heterocycles. The first-order valence-corrected chi connectivity index (χ1v) is 11.2. The van der Waals surface area contributed by atoms with Gasteiger partial charge in [0, 0.05) is 13.1 Å². The van der Waals surface area contributed by atoms with E-state index in [0.29, 0.717) is 5.82 Å². The molecule has 2 amide bonds. The number of likely N-dealkylation sites (tertiary alicyclic amines) is 1. The molecule has 168 valence electrons. The normalized spacial score (nSPS) is 14.9. The second kappa shape index (κ2) is 9.85. The van der Waals surface area contributed by atoms with Crippen LogP contribution in [-0.2, 0) is 22.6 Å². The Morgan fingerprint density at radius 1 is 1.06 bits per heavy atom. The van der Waals surface area contributed by atoms with Crippen LogP contribution < -0.4 is 10.1 Å². The molecule has 7 heteroatoms. The fourth-order valence-corrected chi connectivity index (χ4v) is 4.26. The van der Waals surface area contributed by atoms with Crippen molar-refractivity contribution in [2.45, 2.75) is 45.2 Å². The van der Waals surface area contributed by atoms with Crippen molar-refractivity contribution in [3.63, 3.8) is 0 Å². The number of nitrogens with zero attached hydrogens (tertiary/aromatic N) is 3. The van der Waals surface area contributed by atoms with Gasteiger partial charge in [-0.15, -0.1) is 0 Å². The molecule has 1 aliphatic heterocycles. The average molecular weight is 435 g/mol. The van der Waals surface area contributed by atoms with E-state index in [-0.39, 0.29) is 30.8 Å². The molecule has 0 spiro atoms. The monoisotopic (exact) mass is 434 g/mol. The topological polar surface area (TPSA) is 76.5 Å². The highest BCUT2D eigenvalue weighted by Gasteiger charge is 2.23. The summed E-state index contributed by atoms with van der Waals surface area (Å²) in [4.78, 5) is 32.4. The lowest BCUT2D eigenvalue weighted by Gasteiger charge is -2.27. The molecule has 0 aliphatic carbocycles. The largest absolute Gasteiger partial charge is 0.497 e. The molecule has 1 saturated heterocycles. The van der Waals surface area contributed by atoms with E-state index in [2.05, 4.69) is 5.32 Å². The molecule has 1 unspecified atom stereocenters. The molecular formula is C25H30N4O3. The third kappa shape index (κ3) is 4.93. The van der Waals surface area contributed by atoms with Crippen LogP contribution in [0.15, 0.2) is 48.5 Å². The van der Waals surface area contributed by atoms with Gasteiger partial charge in [0.05, 0.1) is 30.6 Å². The minimum atomic E-state index is -0.331. The van der Waals surface area contributed by atoms with Gasteiger partial charge in [-0.3, -0.25) is 9.59 Å². The van der Waals surface area contributed by atoms with Crippen LogP contribution in [0.25, 0.3) is 11.0 Å². The zero-order valence-electron chi connectivity index (χ0n) is 18.7. The van der Waals surface area contributed by atoms with Crippen LogP contribution in [0.2, 0.25) is 0 Å². The number of benzene rings is 2. The molecule has 2 aromatic carbocycles. The van der Waals surface area contributed by atoms with E-state index in [1.165, 1.54) is 6.42 Å². The fraction of sp³-hybridized carbons (Fsp3) is 0.400. The molecule has 3 aromatic rings. The number of carbonyl (C=O) groups excluding carboxylic acids is 2. The fourth-order valence-electron chi connectivity index (χ4n) is 4.26. The summed E-state index contributed by atoms with van der Waals surface area (Å²) in [6.07, 6.45) is 3.56. The average Bonchev–Trinajstić information content (AvgIpc) is 3.18.